The number of nitrogens with one attached hydrogen (secondary N) is 1. The van der Waals surface area contributed by atoms with Crippen molar-refractivity contribution in [2.24, 2.45) is 0 Å². The molecule has 9 heteroatoms. The molecule has 0 radical (unpaired) electrons. The summed E-state index contributed by atoms with van der Waals surface area (Å²) in [5.74, 6) is -1.70. The van der Waals surface area contributed by atoms with Gasteiger partial charge in [0.1, 0.15) is 12.2 Å². The topological polar surface area (TPSA) is 122 Å². The third-order valence-electron chi connectivity index (χ3n) is 6.02. The number of urea groups is 1. The number of imide groups is 2. The molecule has 1 aliphatic rings. The van der Waals surface area contributed by atoms with Gasteiger partial charge in [0.15, 0.2) is 11.5 Å². The zero-order valence-electron chi connectivity index (χ0n) is 21.1. The fourth-order valence-electron chi connectivity index (χ4n) is 3.83. The number of rotatable bonds is 8. The highest BCUT2D eigenvalue weighted by Gasteiger charge is 2.37. The number of nitrogens with zero attached hydrogens (tertiary/aromatic N) is 1. The molecule has 0 spiro atoms. The average molecular weight is 515 g/mol. The minimum atomic E-state index is -1.01. The van der Waals surface area contributed by atoms with E-state index in [1.54, 1.807) is 48.5 Å². The molecule has 1 aliphatic heterocycles. The number of barbiturate groups is 1. The Balaban J connectivity index is 1.59. The van der Waals surface area contributed by atoms with Gasteiger partial charge in [-0.05, 0) is 85.5 Å². The Hall–Kier alpha value is -4.92. The molecule has 0 saturated carbocycles. The maximum atomic E-state index is 13.2. The SMILES string of the molecule is CCOc1cc(/C=C2\C(=O)NC(=O)N(c3ccc(C)c(C)c3)C2=O)ccc1OCc1ccc(C(=O)O)cc1. The van der Waals surface area contributed by atoms with Crippen LogP contribution in [0.25, 0.3) is 6.08 Å². The highest BCUT2D eigenvalue weighted by molar-refractivity contribution is 6.39. The first kappa shape index (κ1) is 26.2. The first-order chi connectivity index (χ1) is 18.2. The van der Waals surface area contributed by atoms with Crippen molar-refractivity contribution in [1.29, 1.82) is 0 Å². The molecule has 0 unspecified atom stereocenters. The second kappa shape index (κ2) is 11.0. The van der Waals surface area contributed by atoms with E-state index in [9.17, 15) is 19.2 Å². The van der Waals surface area contributed by atoms with Crippen LogP contribution in [0, 0.1) is 13.8 Å². The Kier molecular flexibility index (Phi) is 7.57. The molecule has 0 aliphatic carbocycles. The molecule has 0 aromatic heterocycles. The molecule has 2 N–H and O–H groups in total. The second-order valence-electron chi connectivity index (χ2n) is 8.66. The predicted octanol–water partition coefficient (Wildman–Crippen LogP) is 4.65. The van der Waals surface area contributed by atoms with Crippen molar-refractivity contribution in [2.75, 3.05) is 11.5 Å². The summed E-state index contributed by atoms with van der Waals surface area (Å²) in [5, 5.41) is 11.3. The lowest BCUT2D eigenvalue weighted by Crippen LogP contribution is -2.54. The number of carbonyl (C=O) groups excluding carboxylic acids is 3. The van der Waals surface area contributed by atoms with Crippen molar-refractivity contribution in [3.63, 3.8) is 0 Å². The lowest BCUT2D eigenvalue weighted by molar-refractivity contribution is -0.122. The summed E-state index contributed by atoms with van der Waals surface area (Å²) in [6.07, 6.45) is 1.40. The number of aromatic carboxylic acids is 1. The van der Waals surface area contributed by atoms with Crippen LogP contribution < -0.4 is 19.7 Å². The normalized spacial score (nSPS) is 14.4. The summed E-state index contributed by atoms with van der Waals surface area (Å²) in [6.45, 7) is 6.12. The zero-order chi connectivity index (χ0) is 27.4. The lowest BCUT2D eigenvalue weighted by atomic mass is 10.0. The van der Waals surface area contributed by atoms with Crippen molar-refractivity contribution in [1.82, 2.24) is 5.32 Å². The van der Waals surface area contributed by atoms with Crippen LogP contribution in [-0.4, -0.2) is 35.5 Å². The van der Waals surface area contributed by atoms with Crippen molar-refractivity contribution in [3.05, 3.63) is 94.1 Å². The molecular weight excluding hydrogens is 488 g/mol. The summed E-state index contributed by atoms with van der Waals surface area (Å²) in [7, 11) is 0. The van der Waals surface area contributed by atoms with Crippen LogP contribution in [0.15, 0.2) is 66.2 Å². The predicted molar refractivity (Wildman–Crippen MR) is 140 cm³/mol. The second-order valence-corrected chi connectivity index (χ2v) is 8.66. The molecule has 1 heterocycles. The van der Waals surface area contributed by atoms with Gasteiger partial charge in [0, 0.05) is 0 Å². The van der Waals surface area contributed by atoms with Crippen LogP contribution in [0.4, 0.5) is 10.5 Å². The van der Waals surface area contributed by atoms with E-state index in [0.29, 0.717) is 29.4 Å². The molecule has 0 bridgehead atoms. The molecule has 4 rings (SSSR count). The minimum absolute atomic E-state index is 0.175. The summed E-state index contributed by atoms with van der Waals surface area (Å²) >= 11 is 0. The molecule has 3 aromatic rings. The van der Waals surface area contributed by atoms with Gasteiger partial charge in [-0.15, -0.1) is 0 Å². The standard InChI is InChI=1S/C29H26N2O7/c1-4-37-25-15-20(8-12-24(25)38-16-19-6-9-21(10-7-19)28(34)35)14-23-26(32)30-29(36)31(27(23)33)22-11-5-17(2)18(3)13-22/h5-15H,4,16H2,1-3H3,(H,34,35)(H,30,32,36)/b23-14+. The monoisotopic (exact) mass is 514 g/mol. The fourth-order valence-corrected chi connectivity index (χ4v) is 3.83. The maximum absolute atomic E-state index is 13.2. The Morgan fingerprint density at radius 1 is 0.921 bits per heavy atom. The first-order valence-corrected chi connectivity index (χ1v) is 11.9. The van der Waals surface area contributed by atoms with E-state index in [4.69, 9.17) is 14.6 Å². The van der Waals surface area contributed by atoms with Crippen LogP contribution in [0.5, 0.6) is 11.5 Å². The number of hydrogen-bond acceptors (Lipinski definition) is 6. The van der Waals surface area contributed by atoms with Crippen molar-refractivity contribution in [2.45, 2.75) is 27.4 Å². The molecule has 9 nitrogen and oxygen atoms in total. The smallest absolute Gasteiger partial charge is 0.335 e. The number of amides is 4. The first-order valence-electron chi connectivity index (χ1n) is 11.9. The molecule has 0 atom stereocenters. The largest absolute Gasteiger partial charge is 0.490 e. The van der Waals surface area contributed by atoms with Crippen LogP contribution in [0.3, 0.4) is 0 Å². The van der Waals surface area contributed by atoms with Crippen molar-refractivity contribution < 1.29 is 33.8 Å². The maximum Gasteiger partial charge on any atom is 0.335 e. The molecule has 194 valence electrons. The van der Waals surface area contributed by atoms with E-state index in [2.05, 4.69) is 5.32 Å². The number of carboxylic acid groups (broad SMARTS) is 1. The fraction of sp³-hybridized carbons (Fsp3) is 0.172. The Bertz CT molecular complexity index is 1460. The molecule has 38 heavy (non-hydrogen) atoms. The van der Waals surface area contributed by atoms with E-state index in [0.717, 1.165) is 21.6 Å². The molecular formula is C29H26N2O7. The van der Waals surface area contributed by atoms with Gasteiger partial charge >= 0.3 is 12.0 Å². The van der Waals surface area contributed by atoms with Gasteiger partial charge in [-0.2, -0.15) is 0 Å². The van der Waals surface area contributed by atoms with Gasteiger partial charge in [-0.1, -0.05) is 24.3 Å². The van der Waals surface area contributed by atoms with E-state index in [1.807, 2.05) is 20.8 Å². The summed E-state index contributed by atoms with van der Waals surface area (Å²) in [5.41, 5.74) is 3.53. The van der Waals surface area contributed by atoms with E-state index >= 15 is 0 Å². The third kappa shape index (κ3) is 5.57. The van der Waals surface area contributed by atoms with Crippen LogP contribution in [0.1, 0.15) is 39.5 Å². The number of hydrogen-bond donors (Lipinski definition) is 2. The number of anilines is 1. The lowest BCUT2D eigenvalue weighted by Gasteiger charge is -2.27. The van der Waals surface area contributed by atoms with Crippen LogP contribution in [-0.2, 0) is 16.2 Å². The van der Waals surface area contributed by atoms with Crippen LogP contribution in [0.2, 0.25) is 0 Å². The Morgan fingerprint density at radius 3 is 2.32 bits per heavy atom. The number of benzene rings is 3. The number of carboxylic acids is 1. The number of aryl methyl sites for hydroxylation is 2. The van der Waals surface area contributed by atoms with Crippen LogP contribution >= 0.6 is 0 Å². The van der Waals surface area contributed by atoms with E-state index in [-0.39, 0.29) is 17.7 Å². The molecule has 1 saturated heterocycles. The van der Waals surface area contributed by atoms with E-state index in [1.165, 1.54) is 18.2 Å². The number of carbonyl (C=O) groups is 4. The summed E-state index contributed by atoms with van der Waals surface area (Å²) < 4.78 is 11.6. The van der Waals surface area contributed by atoms with Gasteiger partial charge in [-0.25, -0.2) is 14.5 Å². The summed E-state index contributed by atoms with van der Waals surface area (Å²) in [6, 6.07) is 15.6. The third-order valence-corrected chi connectivity index (χ3v) is 6.02. The zero-order valence-corrected chi connectivity index (χ0v) is 21.1. The molecule has 1 fully saturated rings. The summed E-state index contributed by atoms with van der Waals surface area (Å²) in [4.78, 5) is 50.3. The highest BCUT2D eigenvalue weighted by atomic mass is 16.5. The van der Waals surface area contributed by atoms with Crippen molar-refractivity contribution in [3.8, 4) is 11.5 Å². The van der Waals surface area contributed by atoms with E-state index < -0.39 is 23.8 Å². The Morgan fingerprint density at radius 2 is 1.66 bits per heavy atom. The molecule has 4 amide bonds. The highest BCUT2D eigenvalue weighted by Crippen LogP contribution is 2.31. The quantitative estimate of drug-likeness (QED) is 0.332. The Labute approximate surface area is 219 Å². The van der Waals surface area contributed by atoms with Gasteiger partial charge in [0.2, 0.25) is 0 Å². The van der Waals surface area contributed by atoms with Gasteiger partial charge in [0.25, 0.3) is 11.8 Å². The number of ether oxygens (including phenoxy) is 2. The minimum Gasteiger partial charge on any atom is -0.490 e. The van der Waals surface area contributed by atoms with Gasteiger partial charge in [0.05, 0.1) is 17.9 Å². The van der Waals surface area contributed by atoms with Gasteiger partial charge < -0.3 is 14.6 Å². The van der Waals surface area contributed by atoms with Crippen molar-refractivity contribution >= 4 is 35.6 Å². The molecule has 3 aromatic carbocycles. The van der Waals surface area contributed by atoms with Gasteiger partial charge in [-0.3, -0.25) is 14.9 Å². The average Bonchev–Trinajstić information content (AvgIpc) is 2.88.